The summed E-state index contributed by atoms with van der Waals surface area (Å²) in [7, 11) is 0. The second-order valence-corrected chi connectivity index (χ2v) is 5.18. The summed E-state index contributed by atoms with van der Waals surface area (Å²) in [6, 6.07) is 8.63. The molecule has 0 amide bonds. The molecule has 0 saturated carbocycles. The Balaban J connectivity index is 2.24. The van der Waals surface area contributed by atoms with E-state index in [-0.39, 0.29) is 22.9 Å². The Morgan fingerprint density at radius 3 is 2.76 bits per heavy atom. The van der Waals surface area contributed by atoms with E-state index in [2.05, 4.69) is 15.9 Å². The van der Waals surface area contributed by atoms with E-state index in [0.29, 0.717) is 16.6 Å². The van der Waals surface area contributed by atoms with Gasteiger partial charge in [0.2, 0.25) is 0 Å². The predicted octanol–water partition coefficient (Wildman–Crippen LogP) is 4.86. The van der Waals surface area contributed by atoms with E-state index in [0.717, 1.165) is 0 Å². The molecule has 0 atom stereocenters. The summed E-state index contributed by atoms with van der Waals surface area (Å²) >= 11 is 9.19. The number of nitro groups is 1. The SMILES string of the molecule is O=[N+]([O-])c1cccc(Cl)c1COc1cc(F)cc(CBr)c1. The molecule has 7 heteroatoms. The van der Waals surface area contributed by atoms with Crippen molar-refractivity contribution in [2.45, 2.75) is 11.9 Å². The molecule has 0 unspecified atom stereocenters. The number of alkyl halides is 1. The van der Waals surface area contributed by atoms with Crippen molar-refractivity contribution in [3.05, 3.63) is 68.5 Å². The molecule has 0 radical (unpaired) electrons. The molecule has 2 aromatic rings. The Labute approximate surface area is 133 Å². The van der Waals surface area contributed by atoms with Gasteiger partial charge in [0, 0.05) is 17.5 Å². The number of nitrogens with zero attached hydrogens (tertiary/aromatic N) is 1. The number of hydrogen-bond donors (Lipinski definition) is 0. The zero-order valence-electron chi connectivity index (χ0n) is 10.7. The van der Waals surface area contributed by atoms with Gasteiger partial charge in [0.1, 0.15) is 18.2 Å². The lowest BCUT2D eigenvalue weighted by atomic mass is 10.2. The minimum Gasteiger partial charge on any atom is -0.488 e. The van der Waals surface area contributed by atoms with E-state index in [1.165, 1.54) is 24.3 Å². The molecule has 0 heterocycles. The fraction of sp³-hybridized carbons (Fsp3) is 0.143. The minimum atomic E-state index is -0.528. The van der Waals surface area contributed by atoms with Crippen LogP contribution in [-0.2, 0) is 11.9 Å². The largest absolute Gasteiger partial charge is 0.488 e. The van der Waals surface area contributed by atoms with Crippen LogP contribution in [-0.4, -0.2) is 4.92 Å². The third-order valence-electron chi connectivity index (χ3n) is 2.76. The van der Waals surface area contributed by atoms with Gasteiger partial charge in [-0.05, 0) is 23.8 Å². The lowest BCUT2D eigenvalue weighted by Gasteiger charge is -2.09. The Morgan fingerprint density at radius 2 is 2.10 bits per heavy atom. The molecule has 0 N–H and O–H groups in total. The van der Waals surface area contributed by atoms with Crippen LogP contribution in [0.1, 0.15) is 11.1 Å². The van der Waals surface area contributed by atoms with Crippen LogP contribution in [0, 0.1) is 15.9 Å². The highest BCUT2D eigenvalue weighted by Gasteiger charge is 2.17. The highest BCUT2D eigenvalue weighted by molar-refractivity contribution is 9.08. The molecule has 0 fully saturated rings. The molecule has 21 heavy (non-hydrogen) atoms. The van der Waals surface area contributed by atoms with Gasteiger partial charge in [-0.15, -0.1) is 0 Å². The molecular weight excluding hydrogens is 365 g/mol. The van der Waals surface area contributed by atoms with Crippen LogP contribution in [0.3, 0.4) is 0 Å². The Kier molecular flexibility index (Phi) is 5.14. The van der Waals surface area contributed by atoms with Gasteiger partial charge >= 0.3 is 0 Å². The summed E-state index contributed by atoms with van der Waals surface area (Å²) in [5.41, 5.74) is 0.840. The summed E-state index contributed by atoms with van der Waals surface area (Å²) in [4.78, 5) is 10.4. The first-order valence-corrected chi connectivity index (χ1v) is 7.41. The van der Waals surface area contributed by atoms with Gasteiger partial charge in [-0.1, -0.05) is 33.6 Å². The molecule has 0 aromatic heterocycles. The Bertz CT molecular complexity index is 681. The van der Waals surface area contributed by atoms with E-state index in [4.69, 9.17) is 16.3 Å². The van der Waals surface area contributed by atoms with Gasteiger partial charge in [0.15, 0.2) is 0 Å². The lowest BCUT2D eigenvalue weighted by molar-refractivity contribution is -0.385. The predicted molar refractivity (Wildman–Crippen MR) is 81.5 cm³/mol. The number of hydrogen-bond acceptors (Lipinski definition) is 3. The summed E-state index contributed by atoms with van der Waals surface area (Å²) in [5, 5.41) is 11.7. The van der Waals surface area contributed by atoms with Gasteiger partial charge in [0.05, 0.1) is 15.5 Å². The third-order valence-corrected chi connectivity index (χ3v) is 3.76. The number of nitro benzene ring substituents is 1. The van der Waals surface area contributed by atoms with Crippen LogP contribution in [0.5, 0.6) is 5.75 Å². The zero-order valence-corrected chi connectivity index (χ0v) is 13.0. The molecule has 0 aliphatic carbocycles. The lowest BCUT2D eigenvalue weighted by Crippen LogP contribution is -2.02. The molecule has 0 aliphatic rings. The third kappa shape index (κ3) is 3.92. The second-order valence-electron chi connectivity index (χ2n) is 4.21. The summed E-state index contributed by atoms with van der Waals surface area (Å²) in [6.45, 7) is -0.110. The molecule has 2 rings (SSSR count). The van der Waals surface area contributed by atoms with Crippen molar-refractivity contribution < 1.29 is 14.1 Å². The van der Waals surface area contributed by atoms with Crippen LogP contribution < -0.4 is 4.74 Å². The summed E-state index contributed by atoms with van der Waals surface area (Å²) in [5.74, 6) is -0.144. The van der Waals surface area contributed by atoms with E-state index >= 15 is 0 Å². The van der Waals surface area contributed by atoms with Crippen molar-refractivity contribution >= 4 is 33.2 Å². The summed E-state index contributed by atoms with van der Waals surface area (Å²) < 4.78 is 18.8. The monoisotopic (exact) mass is 373 g/mol. The van der Waals surface area contributed by atoms with Gasteiger partial charge < -0.3 is 4.74 Å². The van der Waals surface area contributed by atoms with Crippen molar-refractivity contribution in [3.63, 3.8) is 0 Å². The second kappa shape index (κ2) is 6.87. The van der Waals surface area contributed by atoms with Gasteiger partial charge in [-0.3, -0.25) is 10.1 Å². The van der Waals surface area contributed by atoms with Crippen LogP contribution >= 0.6 is 27.5 Å². The summed E-state index contributed by atoms with van der Waals surface area (Å²) in [6.07, 6.45) is 0. The van der Waals surface area contributed by atoms with Crippen molar-refractivity contribution in [1.29, 1.82) is 0 Å². The van der Waals surface area contributed by atoms with E-state index < -0.39 is 10.7 Å². The number of rotatable bonds is 5. The van der Waals surface area contributed by atoms with E-state index in [1.54, 1.807) is 12.1 Å². The molecular formula is C14H10BrClFNO3. The molecule has 2 aromatic carbocycles. The fourth-order valence-electron chi connectivity index (χ4n) is 1.80. The normalized spacial score (nSPS) is 10.4. The maximum atomic E-state index is 13.4. The van der Waals surface area contributed by atoms with Crippen LogP contribution in [0.2, 0.25) is 5.02 Å². The van der Waals surface area contributed by atoms with E-state index in [9.17, 15) is 14.5 Å². The average molecular weight is 375 g/mol. The average Bonchev–Trinajstić information content (AvgIpc) is 2.45. The standard InChI is InChI=1S/C14H10BrClFNO3/c15-7-9-4-10(17)6-11(5-9)21-8-12-13(16)2-1-3-14(12)18(19)20/h1-6H,7-8H2. The molecule has 0 saturated heterocycles. The first-order chi connectivity index (χ1) is 10.0. The smallest absolute Gasteiger partial charge is 0.277 e. The van der Waals surface area contributed by atoms with Crippen LogP contribution in [0.25, 0.3) is 0 Å². The molecule has 110 valence electrons. The van der Waals surface area contributed by atoms with Gasteiger partial charge in [-0.2, -0.15) is 0 Å². The maximum absolute atomic E-state index is 13.4. The fourth-order valence-corrected chi connectivity index (χ4v) is 2.35. The van der Waals surface area contributed by atoms with Crippen molar-refractivity contribution in [2.24, 2.45) is 0 Å². The molecule has 0 bridgehead atoms. The number of benzene rings is 2. The topological polar surface area (TPSA) is 52.4 Å². The number of halogens is 3. The molecule has 4 nitrogen and oxygen atoms in total. The zero-order chi connectivity index (χ0) is 15.4. The Morgan fingerprint density at radius 1 is 1.33 bits per heavy atom. The van der Waals surface area contributed by atoms with Gasteiger partial charge in [0.25, 0.3) is 5.69 Å². The first kappa shape index (κ1) is 15.7. The maximum Gasteiger partial charge on any atom is 0.277 e. The van der Waals surface area contributed by atoms with Crippen LogP contribution in [0.4, 0.5) is 10.1 Å². The highest BCUT2D eigenvalue weighted by Crippen LogP contribution is 2.28. The first-order valence-electron chi connectivity index (χ1n) is 5.91. The molecule has 0 aliphatic heterocycles. The van der Waals surface area contributed by atoms with E-state index in [1.807, 2.05) is 0 Å². The Hall–Kier alpha value is -1.66. The van der Waals surface area contributed by atoms with Crippen molar-refractivity contribution in [2.75, 3.05) is 0 Å². The quantitative estimate of drug-likeness (QED) is 0.426. The van der Waals surface area contributed by atoms with Crippen LogP contribution in [0.15, 0.2) is 36.4 Å². The minimum absolute atomic E-state index is 0.110. The number of ether oxygens (including phenoxy) is 1. The highest BCUT2D eigenvalue weighted by atomic mass is 79.9. The molecule has 0 spiro atoms. The van der Waals surface area contributed by atoms with Crippen molar-refractivity contribution in [3.8, 4) is 5.75 Å². The van der Waals surface area contributed by atoms with Gasteiger partial charge in [-0.25, -0.2) is 4.39 Å². The van der Waals surface area contributed by atoms with Crippen molar-refractivity contribution in [1.82, 2.24) is 0 Å².